The van der Waals surface area contributed by atoms with Gasteiger partial charge in [0.15, 0.2) is 5.65 Å². The van der Waals surface area contributed by atoms with Crippen molar-refractivity contribution in [3.05, 3.63) is 53.7 Å². The summed E-state index contributed by atoms with van der Waals surface area (Å²) in [6, 6.07) is 4.74. The molecule has 1 N–H and O–H groups in total. The Morgan fingerprint density at radius 1 is 1.20 bits per heavy atom. The van der Waals surface area contributed by atoms with E-state index in [9.17, 15) is 12.8 Å². The van der Waals surface area contributed by atoms with Gasteiger partial charge in [-0.2, -0.15) is 4.31 Å². The molecule has 2 aromatic heterocycles. The van der Waals surface area contributed by atoms with E-state index >= 15 is 0 Å². The minimum atomic E-state index is -3.67. The predicted octanol–water partition coefficient (Wildman–Crippen LogP) is 2.28. The van der Waals surface area contributed by atoms with Crippen LogP contribution in [0.15, 0.2) is 41.6 Å². The van der Waals surface area contributed by atoms with Crippen molar-refractivity contribution >= 4 is 21.2 Å². The van der Waals surface area contributed by atoms with E-state index < -0.39 is 15.8 Å². The summed E-state index contributed by atoms with van der Waals surface area (Å²) in [6.07, 6.45) is 5.29. The quantitative estimate of drug-likeness (QED) is 0.777. The summed E-state index contributed by atoms with van der Waals surface area (Å²) in [6.45, 7) is 0. The van der Waals surface area contributed by atoms with Crippen LogP contribution in [0.1, 0.15) is 17.7 Å². The van der Waals surface area contributed by atoms with Gasteiger partial charge in [-0.05, 0) is 43.5 Å². The van der Waals surface area contributed by atoms with Crippen molar-refractivity contribution in [3.8, 4) is 0 Å². The van der Waals surface area contributed by atoms with Crippen molar-refractivity contribution in [2.45, 2.75) is 30.2 Å². The lowest BCUT2D eigenvalue weighted by Crippen LogP contribution is -2.40. The Bertz CT molecular complexity index is 1030. The summed E-state index contributed by atoms with van der Waals surface area (Å²) in [7, 11) is -2.10. The van der Waals surface area contributed by atoms with Crippen molar-refractivity contribution in [2.24, 2.45) is 0 Å². The lowest BCUT2D eigenvalue weighted by atomic mass is 9.93. The number of rotatable bonds is 3. The van der Waals surface area contributed by atoms with Crippen molar-refractivity contribution in [1.29, 1.82) is 0 Å². The van der Waals surface area contributed by atoms with Crippen LogP contribution in [0.4, 0.5) is 4.39 Å². The maximum atomic E-state index is 13.1. The smallest absolute Gasteiger partial charge is 0.243 e. The summed E-state index contributed by atoms with van der Waals surface area (Å²) in [5.74, 6) is -0.457. The number of nitrogens with zero attached hydrogens (tertiary/aromatic N) is 3. The van der Waals surface area contributed by atoms with E-state index in [-0.39, 0.29) is 10.9 Å². The first-order chi connectivity index (χ1) is 12.0. The number of benzene rings is 1. The number of hydrogen-bond acceptors (Lipinski definition) is 4. The Balaban J connectivity index is 1.65. The minimum Gasteiger partial charge on any atom is -0.342 e. The van der Waals surface area contributed by atoms with Crippen molar-refractivity contribution in [3.63, 3.8) is 0 Å². The average molecular weight is 360 g/mol. The molecule has 0 fully saturated rings. The maximum absolute atomic E-state index is 13.1. The highest BCUT2D eigenvalue weighted by molar-refractivity contribution is 7.89. The van der Waals surface area contributed by atoms with Crippen molar-refractivity contribution in [1.82, 2.24) is 19.3 Å². The molecule has 4 rings (SSSR count). The molecule has 3 aromatic rings. The first-order valence-electron chi connectivity index (χ1n) is 8.01. The van der Waals surface area contributed by atoms with Gasteiger partial charge in [0, 0.05) is 36.7 Å². The number of aromatic amines is 1. The molecule has 130 valence electrons. The van der Waals surface area contributed by atoms with E-state index in [4.69, 9.17) is 0 Å². The number of likely N-dealkylation sites (N-methyl/N-ethyl adjacent to an activating group) is 1. The molecule has 6 nitrogen and oxygen atoms in total. The van der Waals surface area contributed by atoms with Gasteiger partial charge >= 0.3 is 0 Å². The van der Waals surface area contributed by atoms with Crippen LogP contribution in [0.25, 0.3) is 11.2 Å². The highest BCUT2D eigenvalue weighted by Gasteiger charge is 2.32. The van der Waals surface area contributed by atoms with E-state index in [1.807, 2.05) is 0 Å². The lowest BCUT2D eigenvalue weighted by molar-refractivity contribution is 0.335. The second kappa shape index (κ2) is 5.89. The molecule has 8 heteroatoms. The van der Waals surface area contributed by atoms with Gasteiger partial charge in [0.1, 0.15) is 11.3 Å². The van der Waals surface area contributed by atoms with E-state index in [2.05, 4.69) is 15.0 Å². The van der Waals surface area contributed by atoms with Crippen LogP contribution in [0.5, 0.6) is 0 Å². The Labute approximate surface area is 144 Å². The molecule has 0 radical (unpaired) electrons. The molecule has 1 atom stereocenters. The van der Waals surface area contributed by atoms with Crippen LogP contribution in [-0.2, 0) is 22.9 Å². The molecule has 0 spiro atoms. The topological polar surface area (TPSA) is 79.0 Å². The van der Waals surface area contributed by atoms with Gasteiger partial charge in [0.05, 0.1) is 4.90 Å². The molecule has 2 heterocycles. The first-order valence-corrected chi connectivity index (χ1v) is 9.45. The average Bonchev–Trinajstić information content (AvgIpc) is 2.99. The van der Waals surface area contributed by atoms with E-state index in [0.29, 0.717) is 12.8 Å². The zero-order valence-electron chi connectivity index (χ0n) is 13.6. The number of sulfonamides is 1. The minimum absolute atomic E-state index is 0.0981. The Kier molecular flexibility index (Phi) is 3.81. The SMILES string of the molecule is CN(C1CCc2[nH]c3nccnc3c2C1)S(=O)(=O)c1ccc(F)cc1. The van der Waals surface area contributed by atoms with Crippen LogP contribution in [-0.4, -0.2) is 40.8 Å². The summed E-state index contributed by atoms with van der Waals surface area (Å²) in [5.41, 5.74) is 3.64. The summed E-state index contributed by atoms with van der Waals surface area (Å²) in [4.78, 5) is 12.0. The number of aromatic nitrogens is 3. The molecule has 0 saturated heterocycles. The third-order valence-electron chi connectivity index (χ3n) is 4.79. The maximum Gasteiger partial charge on any atom is 0.243 e. The fraction of sp³-hybridized carbons (Fsp3) is 0.294. The van der Waals surface area contributed by atoms with Crippen LogP contribution in [0.2, 0.25) is 0 Å². The second-order valence-electron chi connectivity index (χ2n) is 6.21. The zero-order valence-corrected chi connectivity index (χ0v) is 14.4. The van der Waals surface area contributed by atoms with Crippen molar-refractivity contribution in [2.75, 3.05) is 7.05 Å². The first kappa shape index (κ1) is 16.2. The number of fused-ring (bicyclic) bond motifs is 3. The van der Waals surface area contributed by atoms with Gasteiger partial charge in [-0.1, -0.05) is 0 Å². The molecular formula is C17H17FN4O2S. The number of halogens is 1. The van der Waals surface area contributed by atoms with E-state index in [0.717, 1.165) is 41.0 Å². The van der Waals surface area contributed by atoms with Crippen LogP contribution in [0, 0.1) is 5.82 Å². The number of aryl methyl sites for hydroxylation is 1. The third-order valence-corrected chi connectivity index (χ3v) is 6.71. The molecule has 0 aliphatic heterocycles. The molecule has 0 bridgehead atoms. The van der Waals surface area contributed by atoms with Gasteiger partial charge < -0.3 is 4.98 Å². The standard InChI is InChI=1S/C17H17FN4O2S/c1-22(25(23,24)13-5-2-11(18)3-6-13)12-4-7-15-14(10-12)16-17(21-15)20-9-8-19-16/h2-3,5-6,8-9,12H,4,7,10H2,1H3,(H,20,21). The van der Waals surface area contributed by atoms with Gasteiger partial charge in [-0.25, -0.2) is 17.8 Å². The van der Waals surface area contributed by atoms with Gasteiger partial charge in [-0.15, -0.1) is 0 Å². The second-order valence-corrected chi connectivity index (χ2v) is 8.20. The number of H-pyrrole nitrogens is 1. The molecule has 1 unspecified atom stereocenters. The predicted molar refractivity (Wildman–Crippen MR) is 91.1 cm³/mol. The highest BCUT2D eigenvalue weighted by Crippen LogP contribution is 2.30. The Morgan fingerprint density at radius 2 is 1.92 bits per heavy atom. The summed E-state index contributed by atoms with van der Waals surface area (Å²) in [5, 5.41) is 0. The number of nitrogens with one attached hydrogen (secondary N) is 1. The zero-order chi connectivity index (χ0) is 17.6. The van der Waals surface area contributed by atoms with Crippen LogP contribution >= 0.6 is 0 Å². The fourth-order valence-corrected chi connectivity index (χ4v) is 4.76. The Hall–Kier alpha value is -2.32. The van der Waals surface area contributed by atoms with Crippen molar-refractivity contribution < 1.29 is 12.8 Å². The van der Waals surface area contributed by atoms with E-state index in [1.165, 1.54) is 16.4 Å². The number of hydrogen-bond donors (Lipinski definition) is 1. The molecule has 25 heavy (non-hydrogen) atoms. The molecule has 0 amide bonds. The van der Waals surface area contributed by atoms with Gasteiger partial charge in [0.2, 0.25) is 10.0 Å². The molecule has 0 saturated carbocycles. The van der Waals surface area contributed by atoms with E-state index in [1.54, 1.807) is 19.4 Å². The van der Waals surface area contributed by atoms with Crippen LogP contribution < -0.4 is 0 Å². The van der Waals surface area contributed by atoms with Crippen LogP contribution in [0.3, 0.4) is 0 Å². The monoisotopic (exact) mass is 360 g/mol. The molecular weight excluding hydrogens is 343 g/mol. The van der Waals surface area contributed by atoms with Gasteiger partial charge in [-0.3, -0.25) is 4.98 Å². The molecule has 1 aliphatic carbocycles. The summed E-state index contributed by atoms with van der Waals surface area (Å²) >= 11 is 0. The largest absolute Gasteiger partial charge is 0.342 e. The molecule has 1 aromatic carbocycles. The van der Waals surface area contributed by atoms with Gasteiger partial charge in [0.25, 0.3) is 0 Å². The highest BCUT2D eigenvalue weighted by atomic mass is 32.2. The Morgan fingerprint density at radius 3 is 2.68 bits per heavy atom. The molecule has 1 aliphatic rings. The third kappa shape index (κ3) is 2.71. The normalized spacial score (nSPS) is 17.8. The fourth-order valence-electron chi connectivity index (χ4n) is 3.37. The lowest BCUT2D eigenvalue weighted by Gasteiger charge is -2.30. The summed E-state index contributed by atoms with van der Waals surface area (Å²) < 4.78 is 40.1.